The molecule has 1 aromatic carbocycles. The largest absolute Gasteiger partial charge is 0.349 e. The van der Waals surface area contributed by atoms with Crippen molar-refractivity contribution in [1.82, 2.24) is 30.4 Å². The van der Waals surface area contributed by atoms with Crippen LogP contribution in [0.15, 0.2) is 30.5 Å². The average Bonchev–Trinajstić information content (AvgIpc) is 3.71. The van der Waals surface area contributed by atoms with Crippen LogP contribution in [0.3, 0.4) is 0 Å². The minimum atomic E-state index is -2.61. The highest BCUT2D eigenvalue weighted by Gasteiger charge is 2.49. The summed E-state index contributed by atoms with van der Waals surface area (Å²) in [6.45, 7) is 4.01. The Balaban J connectivity index is 1.11. The zero-order chi connectivity index (χ0) is 28.5. The second-order valence-corrected chi connectivity index (χ2v) is 13.3. The highest BCUT2D eigenvalue weighted by atomic mass is 19.3. The van der Waals surface area contributed by atoms with Crippen LogP contribution in [0, 0.1) is 29.6 Å². The minimum absolute atomic E-state index is 0.0718. The van der Waals surface area contributed by atoms with Crippen molar-refractivity contribution in [3.63, 3.8) is 0 Å². The van der Waals surface area contributed by atoms with E-state index < -0.39 is 5.92 Å². The Morgan fingerprint density at radius 3 is 2.49 bits per heavy atom. The maximum atomic E-state index is 13.4. The normalized spacial score (nSPS) is 26.4. The van der Waals surface area contributed by atoms with Crippen LogP contribution in [0.2, 0.25) is 0 Å². The van der Waals surface area contributed by atoms with Crippen molar-refractivity contribution in [2.24, 2.45) is 29.6 Å². The van der Waals surface area contributed by atoms with Gasteiger partial charge in [-0.25, -0.2) is 13.8 Å². The number of nitrogens with one attached hydrogen (secondary N) is 3. The Morgan fingerprint density at radius 2 is 1.80 bits per heavy atom. The number of alkyl halides is 2. The van der Waals surface area contributed by atoms with Crippen LogP contribution >= 0.6 is 0 Å². The third-order valence-electron chi connectivity index (χ3n) is 9.67. The van der Waals surface area contributed by atoms with E-state index in [-0.39, 0.29) is 55.1 Å². The number of hydrogen-bond acceptors (Lipinski definition) is 4. The van der Waals surface area contributed by atoms with Crippen molar-refractivity contribution in [1.29, 1.82) is 0 Å². The van der Waals surface area contributed by atoms with Gasteiger partial charge in [-0.15, -0.1) is 0 Å². The number of imidazole rings is 1. The van der Waals surface area contributed by atoms with Crippen LogP contribution < -0.4 is 10.6 Å². The number of nitrogens with zero attached hydrogens (tertiary/aromatic N) is 3. The summed E-state index contributed by atoms with van der Waals surface area (Å²) in [4.78, 5) is 34.6. The number of carbonyl (C=O) groups excluding carboxylic acids is 2. The van der Waals surface area contributed by atoms with Crippen LogP contribution in [0.5, 0.6) is 0 Å². The summed E-state index contributed by atoms with van der Waals surface area (Å²) >= 11 is 0. The molecule has 2 amide bonds. The lowest BCUT2D eigenvalue weighted by Crippen LogP contribution is -2.39. The molecule has 7 rings (SSSR count). The molecule has 0 radical (unpaired) electrons. The van der Waals surface area contributed by atoms with Gasteiger partial charge >= 0.3 is 0 Å². The summed E-state index contributed by atoms with van der Waals surface area (Å²) in [6.07, 6.45) is 6.94. The van der Waals surface area contributed by atoms with Crippen molar-refractivity contribution in [2.45, 2.75) is 89.3 Å². The summed E-state index contributed by atoms with van der Waals surface area (Å²) < 4.78 is 28.3. The van der Waals surface area contributed by atoms with E-state index in [9.17, 15) is 18.4 Å². The first kappa shape index (κ1) is 26.6. The second kappa shape index (κ2) is 9.91. The van der Waals surface area contributed by atoms with Crippen molar-refractivity contribution < 1.29 is 18.4 Å². The summed E-state index contributed by atoms with van der Waals surface area (Å²) in [5.74, 6) is -0.229. The van der Waals surface area contributed by atoms with Gasteiger partial charge in [-0.3, -0.25) is 14.3 Å². The highest BCUT2D eigenvalue weighted by molar-refractivity contribution is 5.93. The van der Waals surface area contributed by atoms with E-state index in [0.29, 0.717) is 17.5 Å². The van der Waals surface area contributed by atoms with Gasteiger partial charge in [0.25, 0.3) is 5.91 Å². The first-order chi connectivity index (χ1) is 19.6. The van der Waals surface area contributed by atoms with E-state index in [0.717, 1.165) is 59.9 Å². The van der Waals surface area contributed by atoms with Gasteiger partial charge in [0, 0.05) is 31.5 Å². The lowest BCUT2D eigenvalue weighted by molar-refractivity contribution is -0.134. The molecule has 2 aromatic heterocycles. The number of halogens is 2. The molecule has 41 heavy (non-hydrogen) atoms. The number of H-pyrrole nitrogens is 1. The Morgan fingerprint density at radius 1 is 1.05 bits per heavy atom. The van der Waals surface area contributed by atoms with Gasteiger partial charge in [-0.1, -0.05) is 6.07 Å². The molecule has 0 saturated heterocycles. The van der Waals surface area contributed by atoms with E-state index in [1.807, 2.05) is 32.0 Å². The van der Waals surface area contributed by atoms with Crippen molar-refractivity contribution in [3.05, 3.63) is 47.5 Å². The van der Waals surface area contributed by atoms with Crippen LogP contribution in [0.25, 0.3) is 11.0 Å². The maximum absolute atomic E-state index is 13.4. The van der Waals surface area contributed by atoms with E-state index in [4.69, 9.17) is 4.98 Å². The van der Waals surface area contributed by atoms with Crippen LogP contribution in [0.1, 0.15) is 105 Å². The number of carbonyl (C=O) groups is 2. The van der Waals surface area contributed by atoms with Gasteiger partial charge in [0.05, 0.1) is 23.1 Å². The molecule has 4 fully saturated rings. The number of aromatic amines is 1. The first-order valence-corrected chi connectivity index (χ1v) is 15.1. The molecule has 2 heterocycles. The van der Waals surface area contributed by atoms with Gasteiger partial charge < -0.3 is 15.6 Å². The molecule has 4 saturated carbocycles. The van der Waals surface area contributed by atoms with Gasteiger partial charge in [0.2, 0.25) is 11.8 Å². The van der Waals surface area contributed by atoms with Crippen LogP contribution in [-0.2, 0) is 4.79 Å². The molecular formula is C31H38F2N6O2. The lowest BCUT2D eigenvalue weighted by Gasteiger charge is -2.34. The molecule has 10 heteroatoms. The van der Waals surface area contributed by atoms with E-state index in [1.165, 1.54) is 6.42 Å². The van der Waals surface area contributed by atoms with E-state index in [1.54, 1.807) is 16.9 Å². The molecule has 5 atom stereocenters. The van der Waals surface area contributed by atoms with E-state index in [2.05, 4.69) is 20.7 Å². The molecule has 8 nitrogen and oxygen atoms in total. The van der Waals surface area contributed by atoms with Gasteiger partial charge in [-0.05, 0) is 99.3 Å². The Kier molecular flexibility index (Phi) is 6.43. The molecule has 0 spiro atoms. The van der Waals surface area contributed by atoms with Crippen LogP contribution in [-0.4, -0.2) is 37.5 Å². The van der Waals surface area contributed by atoms with Crippen molar-refractivity contribution >= 4 is 22.8 Å². The highest BCUT2D eigenvalue weighted by Crippen LogP contribution is 2.57. The summed E-state index contributed by atoms with van der Waals surface area (Å²) in [7, 11) is 0. The molecular weight excluding hydrogens is 526 g/mol. The molecule has 0 bridgehead atoms. The third-order valence-corrected chi connectivity index (χ3v) is 9.67. The maximum Gasteiger partial charge on any atom is 0.270 e. The number of fused-ring (bicyclic) bond motifs is 2. The molecule has 4 aliphatic carbocycles. The second-order valence-electron chi connectivity index (χ2n) is 13.3. The average molecular weight is 565 g/mol. The minimum Gasteiger partial charge on any atom is -0.349 e. The van der Waals surface area contributed by atoms with Crippen molar-refractivity contribution in [2.75, 3.05) is 0 Å². The summed E-state index contributed by atoms with van der Waals surface area (Å²) in [5, 5.41) is 10.8. The Bertz CT molecular complexity index is 1460. The lowest BCUT2D eigenvalue weighted by atomic mass is 9.79. The molecule has 3 N–H and O–H groups in total. The molecule has 218 valence electrons. The fourth-order valence-electron chi connectivity index (χ4n) is 7.28. The monoisotopic (exact) mass is 564 g/mol. The van der Waals surface area contributed by atoms with Crippen LogP contribution in [0.4, 0.5) is 8.78 Å². The zero-order valence-electron chi connectivity index (χ0n) is 23.6. The number of aromatic nitrogens is 4. The summed E-state index contributed by atoms with van der Waals surface area (Å²) in [5.41, 5.74) is 3.22. The number of hydrogen-bond donors (Lipinski definition) is 3. The smallest absolute Gasteiger partial charge is 0.270 e. The molecule has 3 aromatic rings. The quantitative estimate of drug-likeness (QED) is 0.287. The Labute approximate surface area is 238 Å². The first-order valence-electron chi connectivity index (χ1n) is 15.1. The third kappa shape index (κ3) is 5.37. The predicted octanol–water partition coefficient (Wildman–Crippen LogP) is 5.86. The van der Waals surface area contributed by atoms with Gasteiger partial charge in [-0.2, -0.15) is 5.10 Å². The predicted molar refractivity (Wildman–Crippen MR) is 149 cm³/mol. The summed E-state index contributed by atoms with van der Waals surface area (Å²) in [6, 6.07) is 7.47. The van der Waals surface area contributed by atoms with Gasteiger partial charge in [0.1, 0.15) is 11.5 Å². The fourth-order valence-corrected chi connectivity index (χ4v) is 7.28. The standard InChI is InChI=1S/C31H38F2N6O2/c1-16(2)39-25(7-8-34-39)30(41)38-28(22-11-20-10-21(20)12-22)29-35-23-6-5-19(13-24(23)36-29)27(18-3-4-18)37-26(40)9-17-14-31(32,33)15-17/h5-8,13,16-18,20-22,27-28H,3-4,9-12,14-15H2,1-2H3,(H,35,36)(H,37,40)(H,38,41)/t20-,21+,22?,27-,28+/m1/s1. The zero-order valence-corrected chi connectivity index (χ0v) is 23.6. The number of rotatable bonds is 10. The van der Waals surface area contributed by atoms with E-state index >= 15 is 0 Å². The number of benzene rings is 1. The molecule has 1 unspecified atom stereocenters. The SMILES string of the molecule is CC(C)n1nccc1C(=O)N[C@H](c1nc2ccc([C@H](NC(=O)CC3CC(F)(F)C3)C3CC3)cc2[nH]1)C1C[C@@H]2C[C@@H]2C1. The molecule has 0 aliphatic heterocycles. The van der Waals surface area contributed by atoms with Crippen molar-refractivity contribution in [3.8, 4) is 0 Å². The fraction of sp³-hybridized carbons (Fsp3) is 0.613. The van der Waals surface area contributed by atoms with Gasteiger partial charge in [0.15, 0.2) is 0 Å². The topological polar surface area (TPSA) is 105 Å². The Hall–Kier alpha value is -3.30. The molecule has 4 aliphatic rings. The number of amides is 2.